The molecule has 3 aromatic carbocycles. The summed E-state index contributed by atoms with van der Waals surface area (Å²) < 4.78 is 5.67. The molecule has 4 rings (SSSR count). The van der Waals surface area contributed by atoms with Crippen molar-refractivity contribution >= 4 is 52.2 Å². The van der Waals surface area contributed by atoms with Gasteiger partial charge < -0.3 is 15.4 Å². The zero-order chi connectivity index (χ0) is 25.5. The normalized spacial score (nSPS) is 14.1. The molecule has 0 saturated carbocycles. The Morgan fingerprint density at radius 3 is 2.36 bits per heavy atom. The van der Waals surface area contributed by atoms with Crippen molar-refractivity contribution in [1.82, 2.24) is 4.90 Å². The molecule has 9 heteroatoms. The molecule has 1 aliphatic rings. The lowest BCUT2D eigenvalue weighted by atomic mass is 10.2. The van der Waals surface area contributed by atoms with Crippen molar-refractivity contribution in [3.05, 3.63) is 94.9 Å². The summed E-state index contributed by atoms with van der Waals surface area (Å²) in [5.41, 5.74) is 2.67. The largest absolute Gasteiger partial charge is 0.483 e. The molecule has 1 saturated heterocycles. The number of hydrogen-bond acceptors (Lipinski definition) is 6. The van der Waals surface area contributed by atoms with Crippen molar-refractivity contribution in [2.24, 2.45) is 0 Å². The summed E-state index contributed by atoms with van der Waals surface area (Å²) in [6.07, 6.45) is 1.52. The molecule has 0 unspecified atom stereocenters. The molecule has 0 spiro atoms. The minimum Gasteiger partial charge on any atom is -0.483 e. The second-order valence-electron chi connectivity index (χ2n) is 7.87. The van der Waals surface area contributed by atoms with Gasteiger partial charge in [0.1, 0.15) is 12.3 Å². The van der Waals surface area contributed by atoms with Crippen LogP contribution in [0, 0.1) is 6.92 Å². The van der Waals surface area contributed by atoms with Gasteiger partial charge in [-0.2, -0.15) is 0 Å². The van der Waals surface area contributed by atoms with E-state index in [9.17, 15) is 19.2 Å². The highest BCUT2D eigenvalue weighted by Gasteiger charge is 2.36. The van der Waals surface area contributed by atoms with Crippen LogP contribution in [0.5, 0.6) is 5.75 Å². The lowest BCUT2D eigenvalue weighted by molar-refractivity contribution is -0.127. The number of rotatable bonds is 8. The number of amides is 4. The van der Waals surface area contributed by atoms with Crippen molar-refractivity contribution in [2.45, 2.75) is 6.92 Å². The predicted octanol–water partition coefficient (Wildman–Crippen LogP) is 4.69. The fraction of sp³-hybridized carbons (Fsp3) is 0.111. The molecular weight excluding hydrogens is 478 g/mol. The van der Waals surface area contributed by atoms with Gasteiger partial charge in [-0.25, -0.2) is 0 Å². The Kier molecular flexibility index (Phi) is 7.82. The maximum absolute atomic E-state index is 12.9. The maximum Gasteiger partial charge on any atom is 0.294 e. The smallest absolute Gasteiger partial charge is 0.294 e. The highest BCUT2D eigenvalue weighted by molar-refractivity contribution is 8.18. The summed E-state index contributed by atoms with van der Waals surface area (Å²) in [4.78, 5) is 51.1. The van der Waals surface area contributed by atoms with E-state index < -0.39 is 23.6 Å². The number of ether oxygens (including phenoxy) is 1. The average molecular weight is 502 g/mol. The van der Waals surface area contributed by atoms with Gasteiger partial charge in [-0.05, 0) is 54.6 Å². The number of benzene rings is 3. The predicted molar refractivity (Wildman–Crippen MR) is 139 cm³/mol. The number of nitrogens with zero attached hydrogens (tertiary/aromatic N) is 1. The van der Waals surface area contributed by atoms with Crippen LogP contribution in [0.15, 0.2) is 83.8 Å². The second-order valence-corrected chi connectivity index (χ2v) is 8.86. The third-order valence-electron chi connectivity index (χ3n) is 5.22. The van der Waals surface area contributed by atoms with E-state index in [4.69, 9.17) is 4.74 Å². The van der Waals surface area contributed by atoms with Gasteiger partial charge in [-0.15, -0.1) is 0 Å². The Morgan fingerprint density at radius 1 is 0.889 bits per heavy atom. The third kappa shape index (κ3) is 6.19. The van der Waals surface area contributed by atoms with Crippen molar-refractivity contribution in [3.63, 3.8) is 0 Å². The number of imide groups is 1. The Hall–Kier alpha value is -4.37. The summed E-state index contributed by atoms with van der Waals surface area (Å²) in [6, 6.07) is 23.1. The van der Waals surface area contributed by atoms with E-state index in [2.05, 4.69) is 10.6 Å². The van der Waals surface area contributed by atoms with E-state index >= 15 is 0 Å². The standard InChI is InChI=1S/C27H23N3O5S/c1-18-9-5-7-13-21(18)29-24(31)16-30-26(33)23(36-27(30)34)15-19-10-6-8-14-22(19)35-17-25(32)28-20-11-3-2-4-12-20/h2-15H,16-17H2,1H3,(H,28,32)(H,29,31)/b23-15+. The zero-order valence-electron chi connectivity index (χ0n) is 19.4. The number of hydrogen-bond donors (Lipinski definition) is 2. The molecular formula is C27H23N3O5S. The van der Waals surface area contributed by atoms with E-state index in [1.165, 1.54) is 6.08 Å². The molecule has 2 N–H and O–H groups in total. The third-order valence-corrected chi connectivity index (χ3v) is 6.12. The Labute approximate surface area is 212 Å². The van der Waals surface area contributed by atoms with Crippen LogP contribution in [-0.2, 0) is 14.4 Å². The highest BCUT2D eigenvalue weighted by atomic mass is 32.2. The van der Waals surface area contributed by atoms with Crippen LogP contribution in [0.4, 0.5) is 16.2 Å². The number of thioether (sulfide) groups is 1. The fourth-order valence-electron chi connectivity index (χ4n) is 3.42. The molecule has 0 aromatic heterocycles. The first-order valence-electron chi connectivity index (χ1n) is 11.1. The summed E-state index contributed by atoms with van der Waals surface area (Å²) in [6.45, 7) is 1.22. The van der Waals surface area contributed by atoms with Gasteiger partial charge in [0.25, 0.3) is 17.1 Å². The first-order chi connectivity index (χ1) is 17.4. The van der Waals surface area contributed by atoms with E-state index in [0.29, 0.717) is 22.7 Å². The summed E-state index contributed by atoms with van der Waals surface area (Å²) >= 11 is 0.747. The van der Waals surface area contributed by atoms with Gasteiger partial charge >= 0.3 is 0 Å². The number of nitrogens with one attached hydrogen (secondary N) is 2. The Bertz CT molecular complexity index is 1340. The molecule has 36 heavy (non-hydrogen) atoms. The summed E-state index contributed by atoms with van der Waals surface area (Å²) in [7, 11) is 0. The summed E-state index contributed by atoms with van der Waals surface area (Å²) in [5, 5.41) is 4.93. The highest BCUT2D eigenvalue weighted by Crippen LogP contribution is 2.34. The van der Waals surface area contributed by atoms with Gasteiger partial charge in [0.15, 0.2) is 6.61 Å². The SMILES string of the molecule is Cc1ccccc1NC(=O)CN1C(=O)S/C(=C/c2ccccc2OCC(=O)Nc2ccccc2)C1=O. The molecule has 0 atom stereocenters. The van der Waals surface area contributed by atoms with Gasteiger partial charge in [0.2, 0.25) is 5.91 Å². The molecule has 0 aliphatic carbocycles. The van der Waals surface area contributed by atoms with Gasteiger partial charge in [-0.1, -0.05) is 54.6 Å². The van der Waals surface area contributed by atoms with Gasteiger partial charge in [-0.3, -0.25) is 24.1 Å². The first kappa shape index (κ1) is 24.7. The Morgan fingerprint density at radius 2 is 1.58 bits per heavy atom. The van der Waals surface area contributed by atoms with Crippen molar-refractivity contribution in [2.75, 3.05) is 23.8 Å². The minimum atomic E-state index is -0.568. The lowest BCUT2D eigenvalue weighted by Gasteiger charge is -2.13. The van der Waals surface area contributed by atoms with E-state index in [1.54, 1.807) is 48.5 Å². The van der Waals surface area contributed by atoms with Crippen LogP contribution < -0.4 is 15.4 Å². The van der Waals surface area contributed by atoms with Crippen LogP contribution in [-0.4, -0.2) is 41.0 Å². The molecule has 3 aromatic rings. The number of aryl methyl sites for hydroxylation is 1. The van der Waals surface area contributed by atoms with Gasteiger partial charge in [0.05, 0.1) is 4.91 Å². The molecule has 8 nitrogen and oxygen atoms in total. The first-order valence-corrected chi connectivity index (χ1v) is 11.9. The Balaban J connectivity index is 1.41. The lowest BCUT2D eigenvalue weighted by Crippen LogP contribution is -2.36. The number of carbonyl (C=O) groups is 4. The quantitative estimate of drug-likeness (QED) is 0.434. The van der Waals surface area contributed by atoms with Crippen molar-refractivity contribution in [3.8, 4) is 5.75 Å². The molecule has 1 fully saturated rings. The van der Waals surface area contributed by atoms with Crippen molar-refractivity contribution < 1.29 is 23.9 Å². The molecule has 4 amide bonds. The second kappa shape index (κ2) is 11.4. The minimum absolute atomic E-state index is 0.161. The number of carbonyl (C=O) groups excluding carboxylic acids is 4. The van der Waals surface area contributed by atoms with Crippen LogP contribution in [0.3, 0.4) is 0 Å². The summed E-state index contributed by atoms with van der Waals surface area (Å²) in [5.74, 6) is -0.997. The molecule has 0 bridgehead atoms. The van der Waals surface area contributed by atoms with Crippen LogP contribution in [0.1, 0.15) is 11.1 Å². The zero-order valence-corrected chi connectivity index (χ0v) is 20.2. The van der Waals surface area contributed by atoms with E-state index in [0.717, 1.165) is 22.2 Å². The molecule has 1 aliphatic heterocycles. The maximum atomic E-state index is 12.9. The van der Waals surface area contributed by atoms with Crippen LogP contribution in [0.2, 0.25) is 0 Å². The van der Waals surface area contributed by atoms with E-state index in [-0.39, 0.29) is 17.4 Å². The topological polar surface area (TPSA) is 105 Å². The number of para-hydroxylation sites is 3. The average Bonchev–Trinajstić information content (AvgIpc) is 3.13. The number of anilines is 2. The van der Waals surface area contributed by atoms with Crippen LogP contribution in [0.25, 0.3) is 6.08 Å². The molecule has 1 heterocycles. The van der Waals surface area contributed by atoms with Crippen LogP contribution >= 0.6 is 11.8 Å². The monoisotopic (exact) mass is 501 g/mol. The fourth-order valence-corrected chi connectivity index (χ4v) is 4.25. The van der Waals surface area contributed by atoms with Crippen molar-refractivity contribution in [1.29, 1.82) is 0 Å². The molecule has 0 radical (unpaired) electrons. The van der Waals surface area contributed by atoms with E-state index in [1.807, 2.05) is 37.3 Å². The van der Waals surface area contributed by atoms with Gasteiger partial charge in [0, 0.05) is 16.9 Å². The molecule has 182 valence electrons.